The molecule has 0 saturated heterocycles. The van der Waals surface area contributed by atoms with Crippen LogP contribution in [0.3, 0.4) is 0 Å². The van der Waals surface area contributed by atoms with Gasteiger partial charge in [0.05, 0.1) is 11.8 Å². The Kier molecular flexibility index (Phi) is 3.16. The molecular weight excluding hydrogens is 298 g/mol. The zero-order chi connectivity index (χ0) is 14.5. The lowest BCUT2D eigenvalue weighted by atomic mass is 9.89. The van der Waals surface area contributed by atoms with Crippen LogP contribution in [0.25, 0.3) is 0 Å². The molecule has 20 heavy (non-hydrogen) atoms. The van der Waals surface area contributed by atoms with Gasteiger partial charge in [0.15, 0.2) is 0 Å². The fraction of sp³-hybridized carbons (Fsp3) is 0.286. The van der Waals surface area contributed by atoms with Crippen molar-refractivity contribution in [3.05, 3.63) is 53.1 Å². The highest BCUT2D eigenvalue weighted by Gasteiger charge is 2.43. The quantitative estimate of drug-likeness (QED) is 0.799. The summed E-state index contributed by atoms with van der Waals surface area (Å²) >= 11 is 5.97. The number of aliphatic hydroxyl groups is 1. The maximum Gasteiger partial charge on any atom is 0.242 e. The normalized spacial score (nSPS) is 31.1. The zero-order valence-corrected chi connectivity index (χ0v) is 12.3. The predicted octanol–water partition coefficient (Wildman–Crippen LogP) is 2.18. The number of para-hydroxylation sites is 1. The topological polar surface area (TPSA) is 57.6 Å². The molecule has 3 atom stereocenters. The summed E-state index contributed by atoms with van der Waals surface area (Å²) in [6, 6.07) is 6.98. The van der Waals surface area contributed by atoms with Gasteiger partial charge in [0.25, 0.3) is 0 Å². The molecule has 106 valence electrons. The van der Waals surface area contributed by atoms with Gasteiger partial charge in [-0.1, -0.05) is 42.0 Å². The van der Waals surface area contributed by atoms with E-state index in [0.717, 1.165) is 0 Å². The zero-order valence-electron chi connectivity index (χ0n) is 10.8. The molecule has 3 rings (SSSR count). The van der Waals surface area contributed by atoms with Crippen molar-refractivity contribution in [2.75, 3.05) is 11.4 Å². The Hall–Kier alpha value is -1.30. The van der Waals surface area contributed by atoms with Crippen LogP contribution in [-0.4, -0.2) is 25.8 Å². The maximum absolute atomic E-state index is 12.7. The van der Waals surface area contributed by atoms with Crippen molar-refractivity contribution < 1.29 is 13.5 Å². The second kappa shape index (κ2) is 4.62. The van der Waals surface area contributed by atoms with Crippen LogP contribution < -0.4 is 4.31 Å². The SMILES string of the molecule is CN1c2ccccc2C(O)C2C=C(Cl)C=CC2S1(=O)=O. The highest BCUT2D eigenvalue weighted by Crippen LogP contribution is 2.42. The lowest BCUT2D eigenvalue weighted by Crippen LogP contribution is -2.38. The van der Waals surface area contributed by atoms with Gasteiger partial charge in [-0.15, -0.1) is 0 Å². The van der Waals surface area contributed by atoms with Crippen LogP contribution in [0.1, 0.15) is 11.7 Å². The van der Waals surface area contributed by atoms with Crippen molar-refractivity contribution in [3.63, 3.8) is 0 Å². The van der Waals surface area contributed by atoms with Gasteiger partial charge in [-0.3, -0.25) is 4.31 Å². The number of halogens is 1. The molecule has 1 aliphatic carbocycles. The first kappa shape index (κ1) is 13.7. The number of hydrogen-bond donors (Lipinski definition) is 1. The molecule has 2 aliphatic rings. The monoisotopic (exact) mass is 311 g/mol. The molecule has 0 amide bonds. The first-order chi connectivity index (χ1) is 9.43. The number of rotatable bonds is 0. The number of sulfonamides is 1. The van der Waals surface area contributed by atoms with Gasteiger partial charge in [-0.25, -0.2) is 8.42 Å². The predicted molar refractivity (Wildman–Crippen MR) is 79.1 cm³/mol. The fourth-order valence-corrected chi connectivity index (χ4v) is 4.69. The minimum Gasteiger partial charge on any atom is -0.388 e. The Balaban J connectivity index is 2.26. The van der Waals surface area contributed by atoms with Gasteiger partial charge in [0.2, 0.25) is 10.0 Å². The molecule has 0 radical (unpaired) electrons. The highest BCUT2D eigenvalue weighted by atomic mass is 35.5. The summed E-state index contributed by atoms with van der Waals surface area (Å²) < 4.78 is 26.6. The van der Waals surface area contributed by atoms with Gasteiger partial charge in [0.1, 0.15) is 5.25 Å². The second-order valence-electron chi connectivity index (χ2n) is 4.97. The molecule has 0 spiro atoms. The van der Waals surface area contributed by atoms with E-state index in [9.17, 15) is 13.5 Å². The first-order valence-electron chi connectivity index (χ1n) is 6.23. The third-order valence-corrected chi connectivity index (χ3v) is 6.23. The van der Waals surface area contributed by atoms with E-state index in [1.807, 2.05) is 0 Å². The molecule has 1 aromatic carbocycles. The highest BCUT2D eigenvalue weighted by molar-refractivity contribution is 7.93. The molecule has 0 aromatic heterocycles. The minimum atomic E-state index is -3.59. The van der Waals surface area contributed by atoms with Crippen LogP contribution in [0.4, 0.5) is 5.69 Å². The summed E-state index contributed by atoms with van der Waals surface area (Å²) in [5, 5.41) is 10.2. The van der Waals surface area contributed by atoms with Gasteiger partial charge in [-0.2, -0.15) is 0 Å². The third-order valence-electron chi connectivity index (χ3n) is 3.86. The largest absolute Gasteiger partial charge is 0.388 e. The molecule has 0 bridgehead atoms. The van der Waals surface area contributed by atoms with Crippen LogP contribution in [0.5, 0.6) is 0 Å². The lowest BCUT2D eigenvalue weighted by Gasteiger charge is -2.27. The third kappa shape index (κ3) is 1.89. The summed E-state index contributed by atoms with van der Waals surface area (Å²) in [5.41, 5.74) is 1.11. The Morgan fingerprint density at radius 3 is 2.75 bits per heavy atom. The smallest absolute Gasteiger partial charge is 0.242 e. The Morgan fingerprint density at radius 2 is 2.00 bits per heavy atom. The van der Waals surface area contributed by atoms with Crippen LogP contribution in [0, 0.1) is 5.92 Å². The fourth-order valence-electron chi connectivity index (χ4n) is 2.77. The van der Waals surface area contributed by atoms with Crippen molar-refractivity contribution in [3.8, 4) is 0 Å². The molecule has 0 saturated carbocycles. The summed E-state index contributed by atoms with van der Waals surface area (Å²) in [4.78, 5) is 0. The van der Waals surface area contributed by atoms with Gasteiger partial charge < -0.3 is 5.11 Å². The number of allylic oxidation sites excluding steroid dienone is 2. The second-order valence-corrected chi connectivity index (χ2v) is 7.53. The summed E-state index contributed by atoms with van der Waals surface area (Å²) in [6.45, 7) is 0. The average molecular weight is 312 g/mol. The Labute approximate surface area is 123 Å². The van der Waals surface area contributed by atoms with Gasteiger partial charge in [0, 0.05) is 23.6 Å². The molecule has 1 heterocycles. The van der Waals surface area contributed by atoms with Crippen molar-refractivity contribution in [1.29, 1.82) is 0 Å². The van der Waals surface area contributed by atoms with E-state index in [1.165, 1.54) is 11.4 Å². The molecule has 0 fully saturated rings. The van der Waals surface area contributed by atoms with Crippen molar-refractivity contribution >= 4 is 27.3 Å². The lowest BCUT2D eigenvalue weighted by molar-refractivity contribution is 0.134. The average Bonchev–Trinajstić information content (AvgIpc) is 2.49. The number of anilines is 1. The van der Waals surface area contributed by atoms with Crippen molar-refractivity contribution in [2.24, 2.45) is 5.92 Å². The van der Waals surface area contributed by atoms with Gasteiger partial charge >= 0.3 is 0 Å². The van der Waals surface area contributed by atoms with E-state index in [2.05, 4.69) is 0 Å². The van der Waals surface area contributed by atoms with Crippen LogP contribution in [-0.2, 0) is 10.0 Å². The summed E-state index contributed by atoms with van der Waals surface area (Å²) in [7, 11) is -2.07. The van der Waals surface area contributed by atoms with Crippen molar-refractivity contribution in [2.45, 2.75) is 11.4 Å². The van der Waals surface area contributed by atoms with E-state index in [4.69, 9.17) is 11.6 Å². The summed E-state index contributed by atoms with van der Waals surface area (Å²) in [6.07, 6.45) is 3.82. The number of hydrogen-bond acceptors (Lipinski definition) is 3. The molecular formula is C14H14ClNO3S. The van der Waals surface area contributed by atoms with E-state index in [-0.39, 0.29) is 0 Å². The molecule has 1 aromatic rings. The van der Waals surface area contributed by atoms with E-state index < -0.39 is 27.3 Å². The number of aliphatic hydroxyl groups excluding tert-OH is 1. The Morgan fingerprint density at radius 1 is 1.30 bits per heavy atom. The molecule has 1 aliphatic heterocycles. The molecule has 6 heteroatoms. The molecule has 1 N–H and O–H groups in total. The van der Waals surface area contributed by atoms with Crippen LogP contribution in [0.15, 0.2) is 47.5 Å². The number of fused-ring (bicyclic) bond motifs is 2. The van der Waals surface area contributed by atoms with E-state index >= 15 is 0 Å². The van der Waals surface area contributed by atoms with Crippen LogP contribution in [0.2, 0.25) is 0 Å². The number of benzene rings is 1. The van der Waals surface area contributed by atoms with E-state index in [0.29, 0.717) is 16.3 Å². The van der Waals surface area contributed by atoms with Crippen molar-refractivity contribution in [1.82, 2.24) is 0 Å². The van der Waals surface area contributed by atoms with E-state index in [1.54, 1.807) is 42.5 Å². The molecule has 4 nitrogen and oxygen atoms in total. The number of nitrogens with zero attached hydrogens (tertiary/aromatic N) is 1. The van der Waals surface area contributed by atoms with Gasteiger partial charge in [-0.05, 0) is 12.1 Å². The minimum absolute atomic E-state index is 0.447. The standard InChI is InChI=1S/C14H14ClNO3S/c1-16-12-5-3-2-4-10(12)14(17)11-8-9(15)6-7-13(11)20(16,18)19/h2-8,11,13-14,17H,1H3. The summed E-state index contributed by atoms with van der Waals surface area (Å²) in [5.74, 6) is -0.580. The van der Waals surface area contributed by atoms with Crippen LogP contribution >= 0.6 is 11.6 Å². The molecule has 3 unspecified atom stereocenters. The Bertz CT molecular complexity index is 711. The first-order valence-corrected chi connectivity index (χ1v) is 8.11. The maximum atomic E-state index is 12.7.